The zero-order chi connectivity index (χ0) is 55.1. The molecule has 3 heterocycles. The van der Waals surface area contributed by atoms with Crippen molar-refractivity contribution in [3.63, 3.8) is 0 Å². The minimum absolute atomic E-state index is 0.0731. The van der Waals surface area contributed by atoms with Crippen molar-refractivity contribution in [2.45, 2.75) is 198 Å². The van der Waals surface area contributed by atoms with Gasteiger partial charge in [0.25, 0.3) is 0 Å². The summed E-state index contributed by atoms with van der Waals surface area (Å²) in [5, 5.41) is 57.5. The molecule has 0 saturated carbocycles. The molecule has 0 amide bonds. The number of aliphatic hydroxyl groups is 5. The number of esters is 2. The highest BCUT2D eigenvalue weighted by atomic mass is 31.3. The van der Waals surface area contributed by atoms with E-state index in [9.17, 15) is 58.8 Å². The Kier molecular flexibility index (Phi) is 31.9. The highest BCUT2D eigenvalue weighted by Crippen LogP contribution is 2.60. The second-order valence-electron chi connectivity index (χ2n) is 19.0. The Morgan fingerprint density at radius 2 is 1.48 bits per heavy atom. The number of rotatable bonds is 23. The number of cyclic esters (lactones) is 1. The van der Waals surface area contributed by atoms with Gasteiger partial charge in [0.2, 0.25) is 0 Å². The molecular formula is C52H85N3O18P2. The fourth-order valence-electron chi connectivity index (χ4n) is 8.37. The highest BCUT2D eigenvalue weighted by molar-refractivity contribution is 7.61. The van der Waals surface area contributed by atoms with E-state index in [1.807, 2.05) is 19.1 Å². The average Bonchev–Trinajstić information content (AvgIpc) is 3.35. The predicted molar refractivity (Wildman–Crippen MR) is 281 cm³/mol. The third-order valence-electron chi connectivity index (χ3n) is 12.6. The number of carbonyl (C=O) groups is 2. The lowest BCUT2D eigenvalue weighted by Gasteiger charge is -2.40. The number of fused-ring (bicyclic) bond motifs is 3. The molecule has 2 aliphatic heterocycles. The smallest absolute Gasteiger partial charge is 0.462 e. The maximum absolute atomic E-state index is 13.4. The molecule has 23 heteroatoms. The second kappa shape index (κ2) is 36.4. The summed E-state index contributed by atoms with van der Waals surface area (Å²) in [5.41, 5.74) is 4.78. The lowest BCUT2D eigenvalue weighted by Crippen LogP contribution is -2.52. The highest BCUT2D eigenvalue weighted by Gasteiger charge is 2.45. The molecule has 1 aromatic heterocycles. The monoisotopic (exact) mass is 1100 g/mol. The van der Waals surface area contributed by atoms with E-state index in [0.29, 0.717) is 32.1 Å². The molecule has 9 N–H and O–H groups in total. The van der Waals surface area contributed by atoms with Crippen LogP contribution in [0, 0.1) is 11.8 Å². The number of allylic oxidation sites excluding steroid dienone is 8. The van der Waals surface area contributed by atoms with Gasteiger partial charge in [0, 0.05) is 37.3 Å². The van der Waals surface area contributed by atoms with Crippen LogP contribution < -0.4 is 11.4 Å². The summed E-state index contributed by atoms with van der Waals surface area (Å²) >= 11 is 0. The molecule has 12 atom stereocenters. The molecule has 2 bridgehead atoms. The molecule has 3 rings (SSSR count). The summed E-state index contributed by atoms with van der Waals surface area (Å²) in [6.45, 7) is 1.43. The van der Waals surface area contributed by atoms with Crippen LogP contribution in [0.1, 0.15) is 155 Å². The zero-order valence-corrected chi connectivity index (χ0v) is 45.4. The Balaban J connectivity index is 1.79. The molecule has 0 spiro atoms. The largest absolute Gasteiger partial charge is 0.481 e. The van der Waals surface area contributed by atoms with Gasteiger partial charge in [-0.1, -0.05) is 126 Å². The van der Waals surface area contributed by atoms with E-state index in [0.717, 1.165) is 36.7 Å². The quantitative estimate of drug-likeness (QED) is 0.0228. The number of phosphoric acid groups is 2. The van der Waals surface area contributed by atoms with Crippen LogP contribution in [0.15, 0.2) is 77.8 Å². The summed E-state index contributed by atoms with van der Waals surface area (Å²) in [5.74, 6) is -4.23. The molecule has 1 saturated heterocycles. The number of hydrogen-bond donors (Lipinski definition) is 8. The van der Waals surface area contributed by atoms with Gasteiger partial charge in [0.1, 0.15) is 30.9 Å². The Morgan fingerprint density at radius 3 is 2.17 bits per heavy atom. The van der Waals surface area contributed by atoms with Crippen molar-refractivity contribution in [2.75, 3.05) is 25.6 Å². The SMILES string of the molecule is CCCCCCCC/C=C\C/C=C\C/C=C\CCCC(=O)O[C@@H]1COC(=O)CCC/C=C\C[C@@H]2[C@H](n3ccc(N)nc3=O)O[C@H](COP(=O)(O)OP(=O)(O)OC1)[C@@H](O)[C@@H](O)[C@@H](/C=C/[C@@H](O)CCCCC)[C@H](O)C[C@@H]2O. The van der Waals surface area contributed by atoms with Crippen LogP contribution in [0.5, 0.6) is 0 Å². The number of aromatic nitrogens is 2. The number of hydrogen-bond acceptors (Lipinski definition) is 18. The Morgan fingerprint density at radius 1 is 0.840 bits per heavy atom. The number of nitrogens with two attached hydrogens (primary N) is 1. The van der Waals surface area contributed by atoms with E-state index in [1.165, 1.54) is 62.9 Å². The van der Waals surface area contributed by atoms with E-state index in [1.54, 1.807) is 12.2 Å². The summed E-state index contributed by atoms with van der Waals surface area (Å²) in [6.07, 6.45) is 19.9. The van der Waals surface area contributed by atoms with Crippen LogP contribution in [-0.4, -0.2) is 119 Å². The number of ether oxygens (including phenoxy) is 3. The first kappa shape index (κ1) is 65.6. The molecule has 21 nitrogen and oxygen atoms in total. The molecule has 1 fully saturated rings. The average molecular weight is 1100 g/mol. The first-order valence-corrected chi connectivity index (χ1v) is 29.5. The molecule has 75 heavy (non-hydrogen) atoms. The van der Waals surface area contributed by atoms with Gasteiger partial charge in [-0.05, 0) is 70.3 Å². The minimum atomic E-state index is -5.72. The molecule has 2 unspecified atom stereocenters. The van der Waals surface area contributed by atoms with Gasteiger partial charge in [-0.15, -0.1) is 0 Å². The number of anilines is 1. The van der Waals surface area contributed by atoms with Gasteiger partial charge in [-0.3, -0.25) is 23.2 Å². The fraction of sp³-hybridized carbons (Fsp3) is 0.692. The maximum Gasteiger partial charge on any atom is 0.481 e. The number of aliphatic hydroxyl groups excluding tert-OH is 5. The minimum Gasteiger partial charge on any atom is -0.462 e. The number of unbranched alkanes of at least 4 members (excludes halogenated alkanes) is 9. The van der Waals surface area contributed by atoms with Crippen LogP contribution in [-0.2, 0) is 46.3 Å². The van der Waals surface area contributed by atoms with Crippen LogP contribution in [0.25, 0.3) is 0 Å². The Hall–Kier alpha value is -3.66. The summed E-state index contributed by atoms with van der Waals surface area (Å²) in [4.78, 5) is 64.2. The van der Waals surface area contributed by atoms with Gasteiger partial charge in [-0.25, -0.2) is 13.9 Å². The van der Waals surface area contributed by atoms with Crippen molar-refractivity contribution in [1.82, 2.24) is 9.55 Å². The first-order valence-electron chi connectivity index (χ1n) is 26.6. The zero-order valence-electron chi connectivity index (χ0n) is 43.7. The third-order valence-corrected chi connectivity index (χ3v) is 15.2. The summed E-state index contributed by atoms with van der Waals surface area (Å²) in [6, 6.07) is 1.24. The Labute approximate surface area is 441 Å². The van der Waals surface area contributed by atoms with Gasteiger partial charge >= 0.3 is 33.3 Å². The fourth-order valence-corrected chi connectivity index (χ4v) is 10.5. The van der Waals surface area contributed by atoms with Crippen LogP contribution >= 0.6 is 15.6 Å². The van der Waals surface area contributed by atoms with Gasteiger partial charge in [0.05, 0.1) is 37.6 Å². The standard InChI is InChI=1S/C52H85N3O18P2/c1-3-5-7-8-9-10-11-12-13-14-15-16-17-18-19-20-26-30-48(60)71-40-36-68-47(59)29-25-22-21-24-28-42-44(58)35-43(57)41(32-31-39(56)27-23-6-4-2)49(61)50(62)45(38-70-75(66,67)73-74(64,65)69-37-40)72-51(42)55-34-33-46(53)54-52(55)63/h12-13,15-16,18-19,21,24,31-34,39-45,49-51,56-58,61-62H,3-11,14,17,20,22-23,25-30,35-38H2,1-2H3,(H,64,65)(H,66,67)(H2,53,54,63)/b13-12-,16-15-,19-18-,24-21-,32-31+/t39-,40+,41-,42-,43+,44-,45+,49-,50+,51+/m0/s1. The van der Waals surface area contributed by atoms with Crippen molar-refractivity contribution < 1.29 is 81.6 Å². The van der Waals surface area contributed by atoms with Crippen molar-refractivity contribution in [2.24, 2.45) is 11.8 Å². The lowest BCUT2D eigenvalue weighted by molar-refractivity contribution is -0.194. The number of nitrogens with zero attached hydrogens (tertiary/aromatic N) is 2. The van der Waals surface area contributed by atoms with E-state index in [2.05, 4.69) is 40.5 Å². The van der Waals surface area contributed by atoms with Gasteiger partial charge < -0.3 is 55.3 Å². The van der Waals surface area contributed by atoms with Crippen molar-refractivity contribution in [3.05, 3.63) is 83.5 Å². The van der Waals surface area contributed by atoms with Crippen molar-refractivity contribution >= 4 is 33.4 Å². The third kappa shape index (κ3) is 27.0. The molecule has 0 aromatic carbocycles. The van der Waals surface area contributed by atoms with Crippen molar-refractivity contribution in [1.29, 1.82) is 0 Å². The van der Waals surface area contributed by atoms with Crippen LogP contribution in [0.4, 0.5) is 5.82 Å². The van der Waals surface area contributed by atoms with E-state index >= 15 is 0 Å². The maximum atomic E-state index is 13.4. The van der Waals surface area contributed by atoms with Gasteiger partial charge in [-0.2, -0.15) is 9.29 Å². The predicted octanol–water partition coefficient (Wildman–Crippen LogP) is 7.49. The second-order valence-corrected chi connectivity index (χ2v) is 22.0. The lowest BCUT2D eigenvalue weighted by atomic mass is 9.82. The summed E-state index contributed by atoms with van der Waals surface area (Å²) < 4.78 is 59.0. The Bertz CT molecular complexity index is 2120. The first-order chi connectivity index (χ1) is 35.9. The molecule has 1 aromatic rings. The summed E-state index contributed by atoms with van der Waals surface area (Å²) in [7, 11) is -11.3. The van der Waals surface area contributed by atoms with Crippen LogP contribution in [0.2, 0.25) is 0 Å². The number of carbonyl (C=O) groups excluding carboxylic acids is 2. The normalized spacial score (nSPS) is 30.4. The molecule has 0 aliphatic carbocycles. The number of phosphoric ester groups is 2. The van der Waals surface area contributed by atoms with Gasteiger partial charge in [0.15, 0.2) is 6.10 Å². The topological polar surface area (TPSA) is 326 Å². The van der Waals surface area contributed by atoms with E-state index in [-0.39, 0.29) is 31.5 Å². The van der Waals surface area contributed by atoms with Crippen LogP contribution in [0.3, 0.4) is 0 Å². The van der Waals surface area contributed by atoms with E-state index in [4.69, 9.17) is 29.0 Å². The molecule has 0 radical (unpaired) electrons. The molecular weight excluding hydrogens is 1020 g/mol. The number of nitrogen functional groups attached to an aromatic ring is 1. The van der Waals surface area contributed by atoms with E-state index < -0.39 is 120 Å². The molecule has 2 aliphatic rings. The molecule has 426 valence electrons. The van der Waals surface area contributed by atoms with Crippen molar-refractivity contribution in [3.8, 4) is 0 Å².